The predicted octanol–water partition coefficient (Wildman–Crippen LogP) is 1.78. The van der Waals surface area contributed by atoms with Gasteiger partial charge in [0.15, 0.2) is 0 Å². The molecule has 16 heavy (non-hydrogen) atoms. The molecular formula is C11H15F2N3. The topological polar surface area (TPSA) is 42.1 Å². The van der Waals surface area contributed by atoms with Crippen molar-refractivity contribution in [2.45, 2.75) is 25.3 Å². The molecule has 1 saturated heterocycles. The first-order chi connectivity index (χ1) is 7.62. The molecule has 1 aromatic heterocycles. The average Bonchev–Trinajstić information content (AvgIpc) is 2.27. The number of nitrogens with two attached hydrogens (primary N) is 1. The van der Waals surface area contributed by atoms with Crippen LogP contribution in [0.15, 0.2) is 18.3 Å². The van der Waals surface area contributed by atoms with Gasteiger partial charge in [0.05, 0.1) is 6.54 Å². The van der Waals surface area contributed by atoms with Crippen LogP contribution in [0.2, 0.25) is 0 Å². The number of nitrogens with zero attached hydrogens (tertiary/aromatic N) is 2. The minimum atomic E-state index is -2.61. The molecule has 2 heterocycles. The third kappa shape index (κ3) is 2.29. The Morgan fingerprint density at radius 3 is 3.00 bits per heavy atom. The molecule has 5 heteroatoms. The first kappa shape index (κ1) is 11.3. The summed E-state index contributed by atoms with van der Waals surface area (Å²) in [5.74, 6) is -2.01. The maximum atomic E-state index is 13.3. The molecule has 0 aliphatic carbocycles. The van der Waals surface area contributed by atoms with Crippen molar-refractivity contribution < 1.29 is 8.78 Å². The normalized spacial score (nSPS) is 19.8. The second-order valence-electron chi connectivity index (χ2n) is 4.07. The van der Waals surface area contributed by atoms with Crippen LogP contribution in [0.5, 0.6) is 0 Å². The Morgan fingerprint density at radius 2 is 2.31 bits per heavy atom. The lowest BCUT2D eigenvalue weighted by molar-refractivity contribution is -0.0118. The van der Waals surface area contributed by atoms with E-state index in [1.165, 1.54) is 0 Å². The van der Waals surface area contributed by atoms with Gasteiger partial charge in [-0.25, -0.2) is 13.8 Å². The summed E-state index contributed by atoms with van der Waals surface area (Å²) in [7, 11) is 0. The average molecular weight is 227 g/mol. The summed E-state index contributed by atoms with van der Waals surface area (Å²) in [6.45, 7) is 0.696. The second kappa shape index (κ2) is 4.33. The Morgan fingerprint density at radius 1 is 1.50 bits per heavy atom. The highest BCUT2D eigenvalue weighted by atomic mass is 19.3. The third-order valence-corrected chi connectivity index (χ3v) is 2.78. The van der Waals surface area contributed by atoms with E-state index in [0.29, 0.717) is 25.3 Å². The van der Waals surface area contributed by atoms with Crippen LogP contribution in [-0.4, -0.2) is 24.0 Å². The molecule has 3 nitrogen and oxygen atoms in total. The number of alkyl halides is 2. The minimum absolute atomic E-state index is 0.0334. The Bertz CT molecular complexity index is 368. The molecular weight excluding hydrogens is 212 g/mol. The van der Waals surface area contributed by atoms with Crippen molar-refractivity contribution in [1.82, 2.24) is 4.98 Å². The number of piperidine rings is 1. The van der Waals surface area contributed by atoms with E-state index >= 15 is 0 Å². The van der Waals surface area contributed by atoms with Crippen LogP contribution >= 0.6 is 0 Å². The zero-order valence-electron chi connectivity index (χ0n) is 9.00. The molecule has 88 valence electrons. The highest BCUT2D eigenvalue weighted by Crippen LogP contribution is 2.30. The van der Waals surface area contributed by atoms with Crippen LogP contribution in [0, 0.1) is 0 Å². The number of pyridine rings is 1. The van der Waals surface area contributed by atoms with Crippen LogP contribution in [0.4, 0.5) is 14.6 Å². The number of halogens is 2. The number of anilines is 1. The highest BCUT2D eigenvalue weighted by molar-refractivity contribution is 5.47. The lowest BCUT2D eigenvalue weighted by Crippen LogP contribution is -2.43. The van der Waals surface area contributed by atoms with Crippen LogP contribution in [-0.2, 0) is 6.54 Å². The zero-order chi connectivity index (χ0) is 11.6. The summed E-state index contributed by atoms with van der Waals surface area (Å²) >= 11 is 0. The molecule has 1 fully saturated rings. The van der Waals surface area contributed by atoms with E-state index in [1.807, 2.05) is 6.07 Å². The molecule has 0 atom stereocenters. The molecule has 0 radical (unpaired) electrons. The van der Waals surface area contributed by atoms with Gasteiger partial charge < -0.3 is 10.6 Å². The van der Waals surface area contributed by atoms with E-state index in [-0.39, 0.29) is 13.0 Å². The minimum Gasteiger partial charge on any atom is -0.350 e. The van der Waals surface area contributed by atoms with Crippen LogP contribution in [0.25, 0.3) is 0 Å². The third-order valence-electron chi connectivity index (χ3n) is 2.78. The van der Waals surface area contributed by atoms with Crippen molar-refractivity contribution in [3.63, 3.8) is 0 Å². The van der Waals surface area contributed by atoms with Gasteiger partial charge in [0, 0.05) is 31.3 Å². The van der Waals surface area contributed by atoms with Gasteiger partial charge in [-0.2, -0.15) is 0 Å². The molecule has 0 bridgehead atoms. The van der Waals surface area contributed by atoms with Crippen LogP contribution < -0.4 is 10.6 Å². The number of aromatic nitrogens is 1. The Kier molecular flexibility index (Phi) is 3.05. The quantitative estimate of drug-likeness (QED) is 0.837. The van der Waals surface area contributed by atoms with Gasteiger partial charge in [-0.15, -0.1) is 0 Å². The molecule has 2 N–H and O–H groups in total. The largest absolute Gasteiger partial charge is 0.350 e. The second-order valence-corrected chi connectivity index (χ2v) is 4.07. The molecule has 0 saturated carbocycles. The first-order valence-corrected chi connectivity index (χ1v) is 5.39. The summed E-state index contributed by atoms with van der Waals surface area (Å²) < 4.78 is 26.6. The molecule has 0 amide bonds. The summed E-state index contributed by atoms with van der Waals surface area (Å²) in [6, 6.07) is 3.60. The zero-order valence-corrected chi connectivity index (χ0v) is 9.00. The maximum Gasteiger partial charge on any atom is 0.265 e. The fourth-order valence-corrected chi connectivity index (χ4v) is 2.02. The van der Waals surface area contributed by atoms with Crippen molar-refractivity contribution in [1.29, 1.82) is 0 Å². The number of rotatable bonds is 2. The van der Waals surface area contributed by atoms with Gasteiger partial charge in [0.1, 0.15) is 5.82 Å². The van der Waals surface area contributed by atoms with E-state index in [4.69, 9.17) is 5.73 Å². The van der Waals surface area contributed by atoms with Crippen molar-refractivity contribution in [3.05, 3.63) is 23.9 Å². The summed E-state index contributed by atoms with van der Waals surface area (Å²) in [6.07, 6.45) is 2.07. The van der Waals surface area contributed by atoms with Gasteiger partial charge in [-0.05, 0) is 12.5 Å². The lowest BCUT2D eigenvalue weighted by Gasteiger charge is -2.34. The van der Waals surface area contributed by atoms with E-state index in [9.17, 15) is 8.78 Å². The highest BCUT2D eigenvalue weighted by Gasteiger charge is 2.36. The summed E-state index contributed by atoms with van der Waals surface area (Å²) in [5.41, 5.74) is 6.39. The Balaban J connectivity index is 2.23. The Labute approximate surface area is 93.3 Å². The molecule has 1 aliphatic rings. The molecule has 0 unspecified atom stereocenters. The van der Waals surface area contributed by atoms with Crippen molar-refractivity contribution in [2.75, 3.05) is 18.0 Å². The maximum absolute atomic E-state index is 13.3. The SMILES string of the molecule is NCc1cccnc1N1CCCC(F)(F)C1. The van der Waals surface area contributed by atoms with Gasteiger partial charge in [-0.1, -0.05) is 6.07 Å². The molecule has 1 aliphatic heterocycles. The van der Waals surface area contributed by atoms with Crippen LogP contribution in [0.1, 0.15) is 18.4 Å². The van der Waals surface area contributed by atoms with E-state index in [2.05, 4.69) is 4.98 Å². The fraction of sp³-hybridized carbons (Fsp3) is 0.545. The van der Waals surface area contributed by atoms with E-state index in [0.717, 1.165) is 5.56 Å². The predicted molar refractivity (Wildman–Crippen MR) is 58.5 cm³/mol. The Hall–Kier alpha value is -1.23. The van der Waals surface area contributed by atoms with Gasteiger partial charge in [-0.3, -0.25) is 0 Å². The van der Waals surface area contributed by atoms with E-state index < -0.39 is 5.92 Å². The number of hydrogen-bond donors (Lipinski definition) is 1. The molecule has 2 rings (SSSR count). The van der Waals surface area contributed by atoms with Gasteiger partial charge >= 0.3 is 0 Å². The monoisotopic (exact) mass is 227 g/mol. The summed E-state index contributed by atoms with van der Waals surface area (Å²) in [5, 5.41) is 0. The molecule has 1 aromatic rings. The van der Waals surface area contributed by atoms with Crippen molar-refractivity contribution in [2.24, 2.45) is 5.73 Å². The smallest absolute Gasteiger partial charge is 0.265 e. The standard InChI is InChI=1S/C11H15F2N3/c12-11(13)4-2-6-16(8-11)10-9(7-14)3-1-5-15-10/h1,3,5H,2,4,6-8,14H2. The molecule has 0 aromatic carbocycles. The summed E-state index contributed by atoms with van der Waals surface area (Å²) in [4.78, 5) is 5.78. The van der Waals surface area contributed by atoms with Gasteiger partial charge in [0.2, 0.25) is 0 Å². The fourth-order valence-electron chi connectivity index (χ4n) is 2.02. The van der Waals surface area contributed by atoms with E-state index in [1.54, 1.807) is 17.2 Å². The van der Waals surface area contributed by atoms with Crippen molar-refractivity contribution >= 4 is 5.82 Å². The molecule has 0 spiro atoms. The number of hydrogen-bond acceptors (Lipinski definition) is 3. The van der Waals surface area contributed by atoms with Gasteiger partial charge in [0.25, 0.3) is 5.92 Å². The van der Waals surface area contributed by atoms with Crippen molar-refractivity contribution in [3.8, 4) is 0 Å². The van der Waals surface area contributed by atoms with Crippen LogP contribution in [0.3, 0.4) is 0 Å². The lowest BCUT2D eigenvalue weighted by atomic mass is 10.1. The first-order valence-electron chi connectivity index (χ1n) is 5.39.